The number of carbonyl (C=O) groups excluding carboxylic acids is 1. The summed E-state index contributed by atoms with van der Waals surface area (Å²) < 4.78 is 0. The molecule has 3 aliphatic heterocycles. The highest BCUT2D eigenvalue weighted by atomic mass is 16.2. The van der Waals surface area contributed by atoms with Crippen molar-refractivity contribution < 1.29 is 4.79 Å². The highest BCUT2D eigenvalue weighted by Gasteiger charge is 2.32. The molecule has 1 amide bonds. The molecule has 1 aromatic carbocycles. The summed E-state index contributed by atoms with van der Waals surface area (Å²) in [7, 11) is 4.12. The van der Waals surface area contributed by atoms with Crippen molar-refractivity contribution in [3.63, 3.8) is 0 Å². The molecule has 4 heterocycles. The summed E-state index contributed by atoms with van der Waals surface area (Å²) in [6.07, 6.45) is 5.30. The van der Waals surface area contributed by atoms with Crippen molar-refractivity contribution in [2.24, 2.45) is 0 Å². The maximum absolute atomic E-state index is 12.1. The second kappa shape index (κ2) is 8.70. The maximum Gasteiger partial charge on any atom is 0.220 e. The van der Waals surface area contributed by atoms with Gasteiger partial charge in [-0.15, -0.1) is 0 Å². The Labute approximate surface area is 190 Å². The molecule has 1 saturated heterocycles. The molecular weight excluding hydrogens is 400 g/mol. The van der Waals surface area contributed by atoms with E-state index in [0.29, 0.717) is 0 Å². The first-order valence-corrected chi connectivity index (χ1v) is 11.9. The van der Waals surface area contributed by atoms with E-state index >= 15 is 0 Å². The quantitative estimate of drug-likeness (QED) is 0.798. The van der Waals surface area contributed by atoms with Gasteiger partial charge in [-0.3, -0.25) is 9.69 Å². The lowest BCUT2D eigenvalue weighted by atomic mass is 9.98. The van der Waals surface area contributed by atoms with Crippen molar-refractivity contribution >= 4 is 17.4 Å². The van der Waals surface area contributed by atoms with Crippen LogP contribution in [0.2, 0.25) is 0 Å². The molecule has 1 N–H and O–H groups in total. The molecule has 32 heavy (non-hydrogen) atoms. The number of nitrogens with zero attached hydrogens (tertiary/aromatic N) is 5. The lowest BCUT2D eigenvalue weighted by Gasteiger charge is -2.31. The summed E-state index contributed by atoms with van der Waals surface area (Å²) in [4.78, 5) is 28.7. The van der Waals surface area contributed by atoms with Gasteiger partial charge in [0, 0.05) is 65.0 Å². The Morgan fingerprint density at radius 2 is 2.03 bits per heavy atom. The van der Waals surface area contributed by atoms with Gasteiger partial charge in [-0.25, -0.2) is 9.97 Å². The first-order valence-electron chi connectivity index (χ1n) is 11.9. The Bertz CT molecular complexity index is 1020. The van der Waals surface area contributed by atoms with Gasteiger partial charge in [0.05, 0.1) is 11.7 Å². The number of nitrogens with one attached hydrogen (secondary N) is 1. The summed E-state index contributed by atoms with van der Waals surface area (Å²) in [6.45, 7) is 6.36. The van der Waals surface area contributed by atoms with Gasteiger partial charge in [0.1, 0.15) is 5.82 Å². The first kappa shape index (κ1) is 21.2. The van der Waals surface area contributed by atoms with E-state index in [2.05, 4.69) is 40.4 Å². The van der Waals surface area contributed by atoms with Crippen LogP contribution in [-0.2, 0) is 30.7 Å². The van der Waals surface area contributed by atoms with Crippen LogP contribution in [-0.4, -0.2) is 59.4 Å². The van der Waals surface area contributed by atoms with Crippen LogP contribution in [0.15, 0.2) is 18.2 Å². The summed E-state index contributed by atoms with van der Waals surface area (Å²) in [5, 5.41) is 3.29. The average molecular weight is 435 g/mol. The number of likely N-dealkylation sites (tertiary alicyclic amines) is 1. The largest absolute Gasteiger partial charge is 0.374 e. The number of aromatic nitrogens is 2. The second-order valence-electron chi connectivity index (χ2n) is 9.42. The van der Waals surface area contributed by atoms with Crippen molar-refractivity contribution in [1.29, 1.82) is 0 Å². The second-order valence-corrected chi connectivity index (χ2v) is 9.42. The number of aryl methyl sites for hydroxylation is 1. The highest BCUT2D eigenvalue weighted by molar-refractivity contribution is 5.74. The lowest BCUT2D eigenvalue weighted by molar-refractivity contribution is -0.129. The summed E-state index contributed by atoms with van der Waals surface area (Å²) >= 11 is 0. The monoisotopic (exact) mass is 434 g/mol. The number of carbonyl (C=O) groups is 1. The van der Waals surface area contributed by atoms with Gasteiger partial charge < -0.3 is 15.1 Å². The number of rotatable bonds is 4. The number of hydrogen-bond acceptors (Lipinski definition) is 6. The molecule has 1 fully saturated rings. The Morgan fingerprint density at radius 1 is 1.16 bits per heavy atom. The van der Waals surface area contributed by atoms with Gasteiger partial charge in [0.15, 0.2) is 5.82 Å². The first-order chi connectivity index (χ1) is 15.5. The van der Waals surface area contributed by atoms with Crippen LogP contribution >= 0.6 is 0 Å². The number of fused-ring (bicyclic) bond motifs is 2. The van der Waals surface area contributed by atoms with Gasteiger partial charge in [-0.05, 0) is 49.3 Å². The van der Waals surface area contributed by atoms with Crippen LogP contribution in [0.3, 0.4) is 0 Å². The molecule has 0 unspecified atom stereocenters. The lowest BCUT2D eigenvalue weighted by Crippen LogP contribution is -2.34. The fraction of sp³-hybridized carbons (Fsp3) is 0.560. The molecule has 0 aliphatic carbocycles. The van der Waals surface area contributed by atoms with Crippen molar-refractivity contribution in [3.05, 3.63) is 46.4 Å². The number of hydrogen-bond donors (Lipinski definition) is 1. The van der Waals surface area contributed by atoms with E-state index in [-0.39, 0.29) is 11.9 Å². The van der Waals surface area contributed by atoms with Crippen molar-refractivity contribution in [2.45, 2.75) is 58.2 Å². The molecule has 1 atom stereocenters. The van der Waals surface area contributed by atoms with Crippen molar-refractivity contribution in [2.75, 3.05) is 43.9 Å². The van der Waals surface area contributed by atoms with Gasteiger partial charge in [0.2, 0.25) is 5.91 Å². The van der Waals surface area contributed by atoms with Crippen LogP contribution in [0.5, 0.6) is 0 Å². The normalized spacial score (nSPS) is 20.8. The predicted molar refractivity (Wildman–Crippen MR) is 127 cm³/mol. The molecular formula is C25H34N6O. The highest BCUT2D eigenvalue weighted by Crippen LogP contribution is 2.33. The van der Waals surface area contributed by atoms with Gasteiger partial charge in [-0.1, -0.05) is 12.1 Å². The average Bonchev–Trinajstić information content (AvgIpc) is 3.29. The molecule has 2 aromatic rings. The molecule has 3 aliphatic rings. The zero-order chi connectivity index (χ0) is 22.2. The van der Waals surface area contributed by atoms with Gasteiger partial charge in [-0.2, -0.15) is 0 Å². The number of anilines is 2. The molecule has 0 bridgehead atoms. The Kier molecular flexibility index (Phi) is 5.76. The van der Waals surface area contributed by atoms with Gasteiger partial charge >= 0.3 is 0 Å². The molecule has 7 nitrogen and oxygen atoms in total. The van der Waals surface area contributed by atoms with Crippen molar-refractivity contribution in [3.8, 4) is 0 Å². The SMILES string of the molecule is CNc1nc([C@@H]2CCCN2C(C)=O)nc2c1CCN(Cc1ccc3c(c1)CCCN3C)C2. The number of amides is 1. The van der Waals surface area contributed by atoms with Crippen LogP contribution in [0.1, 0.15) is 60.4 Å². The molecule has 0 spiro atoms. The van der Waals surface area contributed by atoms with E-state index in [1.165, 1.54) is 35.2 Å². The summed E-state index contributed by atoms with van der Waals surface area (Å²) in [6, 6.07) is 6.97. The van der Waals surface area contributed by atoms with Crippen molar-refractivity contribution in [1.82, 2.24) is 19.8 Å². The third-order valence-electron chi connectivity index (χ3n) is 7.25. The molecule has 7 heteroatoms. The van der Waals surface area contributed by atoms with Gasteiger partial charge in [0.25, 0.3) is 0 Å². The molecule has 1 aromatic heterocycles. The molecule has 5 rings (SSSR count). The summed E-state index contributed by atoms with van der Waals surface area (Å²) in [5.74, 6) is 1.83. The molecule has 0 radical (unpaired) electrons. The Balaban J connectivity index is 1.37. The van der Waals surface area contributed by atoms with E-state index in [9.17, 15) is 4.79 Å². The topological polar surface area (TPSA) is 64.6 Å². The standard InChI is InChI=1S/C25H34N6O/c1-17(32)31-12-5-7-23(31)25-27-21-16-30(13-10-20(21)24(26-2)28-25)15-18-8-9-22-19(14-18)6-4-11-29(22)3/h8-9,14,23H,4-7,10-13,15-16H2,1-3H3,(H,26,27,28)/t23-/m0/s1. The summed E-state index contributed by atoms with van der Waals surface area (Å²) in [5.41, 5.74) is 6.57. The smallest absolute Gasteiger partial charge is 0.220 e. The zero-order valence-corrected chi connectivity index (χ0v) is 19.5. The Hall–Kier alpha value is -2.67. The fourth-order valence-corrected chi connectivity index (χ4v) is 5.60. The third-order valence-corrected chi connectivity index (χ3v) is 7.25. The van der Waals surface area contributed by atoms with E-state index in [0.717, 1.165) is 69.3 Å². The predicted octanol–water partition coefficient (Wildman–Crippen LogP) is 3.14. The van der Waals surface area contributed by atoms with Crippen LogP contribution < -0.4 is 10.2 Å². The minimum Gasteiger partial charge on any atom is -0.374 e. The number of benzene rings is 1. The third kappa shape index (κ3) is 3.94. The van der Waals surface area contributed by atoms with E-state index in [1.807, 2.05) is 11.9 Å². The van der Waals surface area contributed by atoms with E-state index in [4.69, 9.17) is 9.97 Å². The van der Waals surface area contributed by atoms with E-state index < -0.39 is 0 Å². The zero-order valence-electron chi connectivity index (χ0n) is 19.5. The van der Waals surface area contributed by atoms with Crippen LogP contribution in [0, 0.1) is 0 Å². The molecule has 170 valence electrons. The molecule has 0 saturated carbocycles. The maximum atomic E-state index is 12.1. The van der Waals surface area contributed by atoms with Crippen LogP contribution in [0.4, 0.5) is 11.5 Å². The van der Waals surface area contributed by atoms with E-state index in [1.54, 1.807) is 6.92 Å². The van der Waals surface area contributed by atoms with Crippen LogP contribution in [0.25, 0.3) is 0 Å². The minimum absolute atomic E-state index is 0.00193. The Morgan fingerprint density at radius 3 is 2.84 bits per heavy atom. The fourth-order valence-electron chi connectivity index (χ4n) is 5.60. The minimum atomic E-state index is -0.00193.